The van der Waals surface area contributed by atoms with Gasteiger partial charge in [-0.3, -0.25) is 4.79 Å². The number of aliphatic hydroxyl groups is 1. The first-order valence-electron chi connectivity index (χ1n) is 5.30. The van der Waals surface area contributed by atoms with Gasteiger partial charge in [0, 0.05) is 13.1 Å². The summed E-state index contributed by atoms with van der Waals surface area (Å²) in [5.74, 6) is -0.359. The molecule has 0 unspecified atom stereocenters. The number of hydrogen-bond acceptors (Lipinski definition) is 2. The fraction of sp³-hybridized carbons (Fsp3) is 0.417. The first-order chi connectivity index (χ1) is 7.67. The lowest BCUT2D eigenvalue weighted by atomic mass is 10.1. The van der Waals surface area contributed by atoms with Crippen LogP contribution < -0.4 is 0 Å². The van der Waals surface area contributed by atoms with Crippen LogP contribution in [0.15, 0.2) is 24.3 Å². The molecule has 0 aliphatic heterocycles. The van der Waals surface area contributed by atoms with E-state index in [9.17, 15) is 9.18 Å². The molecular weight excluding hydrogens is 209 g/mol. The van der Waals surface area contributed by atoms with Gasteiger partial charge in [-0.2, -0.15) is 0 Å². The SMILES string of the molecule is CCN(CCO)C(=O)Cc1ccc(F)cc1. The van der Waals surface area contributed by atoms with Gasteiger partial charge < -0.3 is 10.0 Å². The summed E-state index contributed by atoms with van der Waals surface area (Å²) in [5, 5.41) is 8.78. The molecular formula is C12H16FNO2. The lowest BCUT2D eigenvalue weighted by molar-refractivity contribution is -0.130. The summed E-state index contributed by atoms with van der Waals surface area (Å²) in [5.41, 5.74) is 0.780. The number of nitrogens with zero attached hydrogens (tertiary/aromatic N) is 1. The molecule has 1 rings (SSSR count). The van der Waals surface area contributed by atoms with E-state index >= 15 is 0 Å². The van der Waals surface area contributed by atoms with Gasteiger partial charge in [-0.25, -0.2) is 4.39 Å². The number of benzene rings is 1. The van der Waals surface area contributed by atoms with Crippen LogP contribution in [0.2, 0.25) is 0 Å². The average Bonchev–Trinajstić information content (AvgIpc) is 2.29. The third kappa shape index (κ3) is 3.62. The summed E-state index contributed by atoms with van der Waals surface area (Å²) in [4.78, 5) is 13.3. The van der Waals surface area contributed by atoms with Crippen LogP contribution in [0.1, 0.15) is 12.5 Å². The molecule has 0 aliphatic rings. The number of rotatable bonds is 5. The Balaban J connectivity index is 2.59. The van der Waals surface area contributed by atoms with Crippen LogP contribution >= 0.6 is 0 Å². The van der Waals surface area contributed by atoms with E-state index in [1.165, 1.54) is 12.1 Å². The van der Waals surface area contributed by atoms with Gasteiger partial charge in [0.1, 0.15) is 5.82 Å². The third-order valence-corrected chi connectivity index (χ3v) is 2.37. The van der Waals surface area contributed by atoms with Crippen molar-refractivity contribution < 1.29 is 14.3 Å². The zero-order valence-electron chi connectivity index (χ0n) is 9.32. The maximum absolute atomic E-state index is 12.6. The van der Waals surface area contributed by atoms with Crippen LogP contribution in [0.5, 0.6) is 0 Å². The lowest BCUT2D eigenvalue weighted by Crippen LogP contribution is -2.34. The summed E-state index contributed by atoms with van der Waals surface area (Å²) in [6.45, 7) is 2.73. The summed E-state index contributed by atoms with van der Waals surface area (Å²) >= 11 is 0. The standard InChI is InChI=1S/C12H16FNO2/c1-2-14(7-8-15)12(16)9-10-3-5-11(13)6-4-10/h3-6,15H,2,7-9H2,1H3. The lowest BCUT2D eigenvalue weighted by Gasteiger charge is -2.19. The molecule has 0 bridgehead atoms. The van der Waals surface area contributed by atoms with Crippen LogP contribution in [0.25, 0.3) is 0 Å². The first kappa shape index (κ1) is 12.6. The van der Waals surface area contributed by atoms with Crippen molar-refractivity contribution in [3.8, 4) is 0 Å². The summed E-state index contributed by atoms with van der Waals surface area (Å²) in [6.07, 6.45) is 0.244. The highest BCUT2D eigenvalue weighted by Gasteiger charge is 2.11. The van der Waals surface area contributed by atoms with Gasteiger partial charge in [0.15, 0.2) is 0 Å². The summed E-state index contributed by atoms with van der Waals surface area (Å²) < 4.78 is 12.6. The highest BCUT2D eigenvalue weighted by Crippen LogP contribution is 2.05. The Morgan fingerprint density at radius 2 is 2.00 bits per heavy atom. The number of hydrogen-bond donors (Lipinski definition) is 1. The van der Waals surface area contributed by atoms with Crippen molar-refractivity contribution in [1.82, 2.24) is 4.90 Å². The summed E-state index contributed by atoms with van der Waals surface area (Å²) in [7, 11) is 0. The quantitative estimate of drug-likeness (QED) is 0.818. The first-order valence-corrected chi connectivity index (χ1v) is 5.30. The van der Waals surface area contributed by atoms with Gasteiger partial charge in [-0.05, 0) is 24.6 Å². The number of amides is 1. The van der Waals surface area contributed by atoms with Crippen LogP contribution in [-0.4, -0.2) is 35.6 Å². The van der Waals surface area contributed by atoms with E-state index in [-0.39, 0.29) is 24.8 Å². The van der Waals surface area contributed by atoms with Gasteiger partial charge in [0.25, 0.3) is 0 Å². The van der Waals surface area contributed by atoms with E-state index in [1.807, 2.05) is 6.92 Å². The number of carbonyl (C=O) groups is 1. The molecule has 3 nitrogen and oxygen atoms in total. The molecule has 0 aliphatic carbocycles. The van der Waals surface area contributed by atoms with E-state index < -0.39 is 0 Å². The maximum atomic E-state index is 12.6. The fourth-order valence-electron chi connectivity index (χ4n) is 1.47. The number of halogens is 1. The second kappa shape index (κ2) is 6.23. The molecule has 0 aromatic heterocycles. The Labute approximate surface area is 94.5 Å². The minimum Gasteiger partial charge on any atom is -0.395 e. The highest BCUT2D eigenvalue weighted by molar-refractivity contribution is 5.78. The van der Waals surface area contributed by atoms with Crippen molar-refractivity contribution in [2.45, 2.75) is 13.3 Å². The van der Waals surface area contributed by atoms with Gasteiger partial charge in [0.2, 0.25) is 5.91 Å². The number of likely N-dealkylation sites (N-methyl/N-ethyl adjacent to an activating group) is 1. The van der Waals surface area contributed by atoms with E-state index in [2.05, 4.69) is 0 Å². The molecule has 0 saturated carbocycles. The van der Waals surface area contributed by atoms with Crippen molar-refractivity contribution in [3.05, 3.63) is 35.6 Å². The van der Waals surface area contributed by atoms with Crippen molar-refractivity contribution in [2.75, 3.05) is 19.7 Å². The van der Waals surface area contributed by atoms with Crippen LogP contribution in [0.4, 0.5) is 4.39 Å². The van der Waals surface area contributed by atoms with Gasteiger partial charge >= 0.3 is 0 Å². The molecule has 16 heavy (non-hydrogen) atoms. The second-order valence-corrected chi connectivity index (χ2v) is 3.50. The molecule has 0 saturated heterocycles. The molecule has 1 N–H and O–H groups in total. The molecule has 0 heterocycles. The van der Waals surface area contributed by atoms with E-state index in [4.69, 9.17) is 5.11 Å². The highest BCUT2D eigenvalue weighted by atomic mass is 19.1. The molecule has 1 aromatic carbocycles. The Bertz CT molecular complexity index is 337. The smallest absolute Gasteiger partial charge is 0.227 e. The third-order valence-electron chi connectivity index (χ3n) is 2.37. The number of carbonyl (C=O) groups excluding carboxylic acids is 1. The minimum absolute atomic E-state index is 0.0387. The van der Waals surface area contributed by atoms with E-state index in [0.29, 0.717) is 13.1 Å². The Kier molecular flexibility index (Phi) is 4.92. The van der Waals surface area contributed by atoms with Crippen LogP contribution in [0.3, 0.4) is 0 Å². The largest absolute Gasteiger partial charge is 0.395 e. The van der Waals surface area contributed by atoms with E-state index in [1.54, 1.807) is 17.0 Å². The normalized spacial score (nSPS) is 10.2. The monoisotopic (exact) mass is 225 g/mol. The van der Waals surface area contributed by atoms with Crippen LogP contribution in [0, 0.1) is 5.82 Å². The molecule has 4 heteroatoms. The van der Waals surface area contributed by atoms with Gasteiger partial charge in [-0.15, -0.1) is 0 Å². The Hall–Kier alpha value is -1.42. The Morgan fingerprint density at radius 3 is 2.50 bits per heavy atom. The van der Waals surface area contributed by atoms with Crippen molar-refractivity contribution in [2.24, 2.45) is 0 Å². The second-order valence-electron chi connectivity index (χ2n) is 3.50. The zero-order valence-corrected chi connectivity index (χ0v) is 9.32. The molecule has 0 fully saturated rings. The van der Waals surface area contributed by atoms with Gasteiger partial charge in [-0.1, -0.05) is 12.1 Å². The molecule has 1 amide bonds. The maximum Gasteiger partial charge on any atom is 0.227 e. The minimum atomic E-state index is -0.307. The predicted molar refractivity (Wildman–Crippen MR) is 59.4 cm³/mol. The topological polar surface area (TPSA) is 40.5 Å². The zero-order chi connectivity index (χ0) is 12.0. The van der Waals surface area contributed by atoms with Crippen molar-refractivity contribution in [1.29, 1.82) is 0 Å². The van der Waals surface area contributed by atoms with Crippen molar-refractivity contribution in [3.63, 3.8) is 0 Å². The number of aliphatic hydroxyl groups excluding tert-OH is 1. The Morgan fingerprint density at radius 1 is 1.38 bits per heavy atom. The molecule has 0 radical (unpaired) electrons. The predicted octanol–water partition coefficient (Wildman–Crippen LogP) is 1.21. The molecule has 0 spiro atoms. The molecule has 1 aromatic rings. The van der Waals surface area contributed by atoms with E-state index in [0.717, 1.165) is 5.56 Å². The molecule has 88 valence electrons. The van der Waals surface area contributed by atoms with Crippen molar-refractivity contribution >= 4 is 5.91 Å². The summed E-state index contributed by atoms with van der Waals surface area (Å²) in [6, 6.07) is 5.87. The fourth-order valence-corrected chi connectivity index (χ4v) is 1.47. The molecule has 0 atom stereocenters. The van der Waals surface area contributed by atoms with Gasteiger partial charge in [0.05, 0.1) is 13.0 Å². The van der Waals surface area contributed by atoms with Crippen LogP contribution in [-0.2, 0) is 11.2 Å². The average molecular weight is 225 g/mol.